The zero-order valence-corrected chi connectivity index (χ0v) is 17.9. The van der Waals surface area contributed by atoms with Crippen LogP contribution >= 0.6 is 11.3 Å². The number of allylic oxidation sites excluding steroid dienone is 1. The number of ether oxygens (including phenoxy) is 1. The number of sulfone groups is 1. The highest BCUT2D eigenvalue weighted by Gasteiger charge is 2.12. The number of benzene rings is 2. The molecule has 0 N–H and O–H groups in total. The molecule has 0 atom stereocenters. The second kappa shape index (κ2) is 8.75. The van der Waals surface area contributed by atoms with Gasteiger partial charge in [0, 0.05) is 12.8 Å². The molecule has 1 amide bonds. The molecule has 0 aliphatic rings. The lowest BCUT2D eigenvalue weighted by molar-refractivity contribution is -0.117. The highest BCUT2D eigenvalue weighted by Crippen LogP contribution is 2.22. The van der Waals surface area contributed by atoms with Crippen molar-refractivity contribution in [1.82, 2.24) is 4.57 Å². The smallest absolute Gasteiger partial charge is 0.252 e. The van der Waals surface area contributed by atoms with Gasteiger partial charge in [-0.3, -0.25) is 4.79 Å². The third-order valence-corrected chi connectivity index (χ3v) is 6.36. The first kappa shape index (κ1) is 21.0. The molecule has 0 unspecified atom stereocenters. The number of amides is 1. The van der Waals surface area contributed by atoms with Gasteiger partial charge in [-0.05, 0) is 42.8 Å². The quantitative estimate of drug-likeness (QED) is 0.539. The van der Waals surface area contributed by atoms with Crippen molar-refractivity contribution in [3.63, 3.8) is 0 Å². The number of nitrogens with zero attached hydrogens (tertiary/aromatic N) is 2. The van der Waals surface area contributed by atoms with Gasteiger partial charge in [0.2, 0.25) is 0 Å². The van der Waals surface area contributed by atoms with Crippen LogP contribution in [-0.4, -0.2) is 31.8 Å². The predicted octanol–water partition coefficient (Wildman–Crippen LogP) is 3.36. The maximum atomic E-state index is 12.5. The molecule has 6 nitrogen and oxygen atoms in total. The summed E-state index contributed by atoms with van der Waals surface area (Å²) in [6.07, 6.45) is 3.06. The number of carbonyl (C=O) groups is 1. The normalized spacial score (nSPS) is 12.3. The number of rotatable bonds is 7. The first-order valence-electron chi connectivity index (χ1n) is 9.05. The monoisotopic (exact) mass is 430 g/mol. The van der Waals surface area contributed by atoms with E-state index in [1.54, 1.807) is 24.3 Å². The topological polar surface area (TPSA) is 77.7 Å². The van der Waals surface area contributed by atoms with Crippen LogP contribution in [0.2, 0.25) is 0 Å². The molecule has 2 aromatic carbocycles. The summed E-state index contributed by atoms with van der Waals surface area (Å²) < 4.78 is 31.7. The molecule has 0 saturated heterocycles. The highest BCUT2D eigenvalue weighted by atomic mass is 32.2. The molecule has 0 bridgehead atoms. The van der Waals surface area contributed by atoms with Crippen molar-refractivity contribution in [2.75, 3.05) is 12.9 Å². The van der Waals surface area contributed by atoms with Gasteiger partial charge in [-0.15, -0.1) is 6.58 Å². The van der Waals surface area contributed by atoms with Gasteiger partial charge in [0.1, 0.15) is 5.75 Å². The molecule has 8 heteroatoms. The molecular formula is C21H22N2O4S2. The van der Waals surface area contributed by atoms with Crippen LogP contribution in [0.4, 0.5) is 0 Å². The SMILES string of the molecule is C=CCn1c(=NC(=O)Cc2ccc(OCC)cc2)sc2cc(S(C)(=O)=O)ccc21. The van der Waals surface area contributed by atoms with Crippen LogP contribution < -0.4 is 9.54 Å². The summed E-state index contributed by atoms with van der Waals surface area (Å²) in [4.78, 5) is 17.6. The Bertz CT molecular complexity index is 1220. The Kier molecular flexibility index (Phi) is 6.34. The Hall–Kier alpha value is -2.71. The standard InChI is InChI=1S/C21H22N2O4S2/c1-4-12-23-18-11-10-17(29(3,25)26)14-19(18)28-21(23)22-20(24)13-15-6-8-16(9-7-15)27-5-2/h4,6-11,14H,1,5,12-13H2,2-3H3. The molecule has 0 radical (unpaired) electrons. The van der Waals surface area contributed by atoms with Gasteiger partial charge in [-0.2, -0.15) is 4.99 Å². The van der Waals surface area contributed by atoms with E-state index in [-0.39, 0.29) is 17.2 Å². The summed E-state index contributed by atoms with van der Waals surface area (Å²) in [6.45, 7) is 6.73. The van der Waals surface area contributed by atoms with Crippen LogP contribution in [0.1, 0.15) is 12.5 Å². The number of carbonyl (C=O) groups excluding carboxylic acids is 1. The van der Waals surface area contributed by atoms with Crippen molar-refractivity contribution in [2.45, 2.75) is 24.8 Å². The Labute approximate surface area is 173 Å². The van der Waals surface area contributed by atoms with Gasteiger partial charge < -0.3 is 9.30 Å². The minimum absolute atomic E-state index is 0.170. The third kappa shape index (κ3) is 5.02. The molecule has 0 fully saturated rings. The molecule has 0 aliphatic heterocycles. The zero-order chi connectivity index (χ0) is 21.0. The molecule has 152 valence electrons. The minimum Gasteiger partial charge on any atom is -0.494 e. The van der Waals surface area contributed by atoms with Gasteiger partial charge >= 0.3 is 0 Å². The molecule has 0 saturated carbocycles. The van der Waals surface area contributed by atoms with Crippen LogP contribution in [0.25, 0.3) is 10.2 Å². The number of fused-ring (bicyclic) bond motifs is 1. The van der Waals surface area contributed by atoms with E-state index in [2.05, 4.69) is 11.6 Å². The van der Waals surface area contributed by atoms with Crippen molar-refractivity contribution < 1.29 is 17.9 Å². The summed E-state index contributed by atoms with van der Waals surface area (Å²) in [5.41, 5.74) is 1.66. The maximum absolute atomic E-state index is 12.5. The van der Waals surface area contributed by atoms with Gasteiger partial charge in [-0.25, -0.2) is 8.42 Å². The van der Waals surface area contributed by atoms with Gasteiger partial charge in [0.05, 0.1) is 28.1 Å². The molecular weight excluding hydrogens is 408 g/mol. The van der Waals surface area contributed by atoms with E-state index in [0.29, 0.717) is 18.0 Å². The van der Waals surface area contributed by atoms with Crippen LogP contribution in [0, 0.1) is 0 Å². The van der Waals surface area contributed by atoms with Crippen molar-refractivity contribution in [3.8, 4) is 5.75 Å². The average Bonchev–Trinajstić information content (AvgIpc) is 2.99. The average molecular weight is 431 g/mol. The maximum Gasteiger partial charge on any atom is 0.252 e. The fourth-order valence-electron chi connectivity index (χ4n) is 2.87. The first-order valence-corrected chi connectivity index (χ1v) is 11.8. The number of hydrogen-bond donors (Lipinski definition) is 0. The summed E-state index contributed by atoms with van der Waals surface area (Å²) in [6, 6.07) is 12.3. The first-order chi connectivity index (χ1) is 13.8. The lowest BCUT2D eigenvalue weighted by Gasteiger charge is -2.04. The predicted molar refractivity (Wildman–Crippen MR) is 115 cm³/mol. The molecule has 29 heavy (non-hydrogen) atoms. The van der Waals surface area contributed by atoms with Crippen LogP contribution in [0.15, 0.2) is 65.0 Å². The minimum atomic E-state index is -3.31. The molecule has 1 heterocycles. The fraction of sp³-hybridized carbons (Fsp3) is 0.238. The Morgan fingerprint density at radius 3 is 2.59 bits per heavy atom. The Morgan fingerprint density at radius 2 is 1.97 bits per heavy atom. The van der Waals surface area contributed by atoms with Gasteiger partial charge in [-0.1, -0.05) is 29.5 Å². The van der Waals surface area contributed by atoms with Crippen molar-refractivity contribution >= 4 is 37.3 Å². The van der Waals surface area contributed by atoms with E-state index in [4.69, 9.17) is 4.74 Å². The van der Waals surface area contributed by atoms with Crippen molar-refractivity contribution in [2.24, 2.45) is 4.99 Å². The number of hydrogen-bond acceptors (Lipinski definition) is 5. The lowest BCUT2D eigenvalue weighted by atomic mass is 10.1. The van der Waals surface area contributed by atoms with E-state index in [0.717, 1.165) is 21.5 Å². The second-order valence-electron chi connectivity index (χ2n) is 6.44. The van der Waals surface area contributed by atoms with E-state index < -0.39 is 9.84 Å². The second-order valence-corrected chi connectivity index (χ2v) is 9.47. The Morgan fingerprint density at radius 1 is 1.24 bits per heavy atom. The number of thiazole rings is 1. The van der Waals surface area contributed by atoms with Crippen molar-refractivity contribution in [1.29, 1.82) is 0 Å². The van der Waals surface area contributed by atoms with Crippen LogP contribution in [-0.2, 0) is 27.6 Å². The van der Waals surface area contributed by atoms with Gasteiger partial charge in [0.15, 0.2) is 14.6 Å². The van der Waals surface area contributed by atoms with E-state index in [1.807, 2.05) is 35.8 Å². The molecule has 0 spiro atoms. The summed E-state index contributed by atoms with van der Waals surface area (Å²) in [5.74, 6) is 0.484. The molecule has 3 rings (SSSR count). The van der Waals surface area contributed by atoms with Gasteiger partial charge in [0.25, 0.3) is 5.91 Å². The summed E-state index contributed by atoms with van der Waals surface area (Å²) in [5, 5.41) is 0. The van der Waals surface area contributed by atoms with Crippen molar-refractivity contribution in [3.05, 3.63) is 65.5 Å². The fourth-order valence-corrected chi connectivity index (χ4v) is 4.68. The molecule has 0 aliphatic carbocycles. The van der Waals surface area contributed by atoms with Crippen LogP contribution in [0.3, 0.4) is 0 Å². The van der Waals surface area contributed by atoms with Crippen LogP contribution in [0.5, 0.6) is 5.75 Å². The van der Waals surface area contributed by atoms with E-state index in [1.165, 1.54) is 17.6 Å². The molecule has 3 aromatic rings. The molecule has 1 aromatic heterocycles. The largest absolute Gasteiger partial charge is 0.494 e. The van der Waals surface area contributed by atoms with E-state index in [9.17, 15) is 13.2 Å². The Balaban J connectivity index is 1.95. The summed E-state index contributed by atoms with van der Waals surface area (Å²) >= 11 is 1.29. The highest BCUT2D eigenvalue weighted by molar-refractivity contribution is 7.90. The number of aromatic nitrogens is 1. The lowest BCUT2D eigenvalue weighted by Crippen LogP contribution is -2.16. The third-order valence-electron chi connectivity index (χ3n) is 4.20. The van der Waals surface area contributed by atoms with E-state index >= 15 is 0 Å². The zero-order valence-electron chi connectivity index (χ0n) is 16.3. The summed E-state index contributed by atoms with van der Waals surface area (Å²) in [7, 11) is -3.31.